The first kappa shape index (κ1) is 13.5. The average molecular weight is 287 g/mol. The molecule has 2 aromatic rings. The van der Waals surface area contributed by atoms with E-state index < -0.39 is 0 Å². The van der Waals surface area contributed by atoms with E-state index in [0.717, 1.165) is 28.9 Å². The third-order valence-electron chi connectivity index (χ3n) is 3.51. The zero-order valence-corrected chi connectivity index (χ0v) is 12.0. The minimum Gasteiger partial charge on any atom is -0.493 e. The Morgan fingerprint density at radius 3 is 3.10 bits per heavy atom. The van der Waals surface area contributed by atoms with E-state index in [1.54, 1.807) is 0 Å². The van der Waals surface area contributed by atoms with Gasteiger partial charge in [0.1, 0.15) is 18.6 Å². The summed E-state index contributed by atoms with van der Waals surface area (Å²) in [6, 6.07) is 4.13. The van der Waals surface area contributed by atoms with E-state index in [4.69, 9.17) is 4.74 Å². The van der Waals surface area contributed by atoms with Crippen molar-refractivity contribution < 1.29 is 9.53 Å². The molecule has 0 saturated heterocycles. The van der Waals surface area contributed by atoms with Crippen LogP contribution in [0.4, 0.5) is 0 Å². The lowest BCUT2D eigenvalue weighted by atomic mass is 9.95. The maximum Gasteiger partial charge on any atom is 0.242 e. The molecular formula is C14H17N5O2. The minimum atomic E-state index is -0.112. The molecule has 0 saturated carbocycles. The molecule has 1 aliphatic rings. The maximum atomic E-state index is 12.1. The van der Waals surface area contributed by atoms with Gasteiger partial charge < -0.3 is 10.1 Å². The Balaban J connectivity index is 1.77. The van der Waals surface area contributed by atoms with Gasteiger partial charge in [-0.15, -0.1) is 5.10 Å². The smallest absolute Gasteiger partial charge is 0.242 e. The third-order valence-corrected chi connectivity index (χ3v) is 3.51. The van der Waals surface area contributed by atoms with Crippen LogP contribution in [0.3, 0.4) is 0 Å². The van der Waals surface area contributed by atoms with Crippen LogP contribution in [-0.2, 0) is 11.3 Å². The molecular weight excluding hydrogens is 270 g/mol. The van der Waals surface area contributed by atoms with Gasteiger partial charge in [0.2, 0.25) is 5.91 Å². The fraction of sp³-hybridized carbons (Fsp3) is 0.429. The largest absolute Gasteiger partial charge is 0.493 e. The summed E-state index contributed by atoms with van der Waals surface area (Å²) in [4.78, 5) is 12.1. The summed E-state index contributed by atoms with van der Waals surface area (Å²) < 4.78 is 7.14. The molecule has 7 nitrogen and oxygen atoms in total. The second-order valence-electron chi connectivity index (χ2n) is 5.26. The molecule has 7 heteroatoms. The summed E-state index contributed by atoms with van der Waals surface area (Å²) in [6.45, 7) is 4.79. The number of fused-ring (bicyclic) bond motifs is 1. The fourth-order valence-electron chi connectivity index (χ4n) is 2.67. The number of benzene rings is 1. The number of rotatable bonds is 3. The number of aromatic nitrogens is 4. The summed E-state index contributed by atoms with van der Waals surface area (Å²) in [6.07, 6.45) is 2.18. The highest BCUT2D eigenvalue weighted by atomic mass is 16.5. The molecule has 0 bridgehead atoms. The lowest BCUT2D eigenvalue weighted by Crippen LogP contribution is -2.34. The van der Waals surface area contributed by atoms with Gasteiger partial charge in [0.15, 0.2) is 0 Å². The molecule has 110 valence electrons. The van der Waals surface area contributed by atoms with Gasteiger partial charge in [-0.1, -0.05) is 17.7 Å². The third kappa shape index (κ3) is 2.86. The van der Waals surface area contributed by atoms with E-state index in [-0.39, 0.29) is 18.5 Å². The van der Waals surface area contributed by atoms with E-state index in [9.17, 15) is 4.79 Å². The molecule has 21 heavy (non-hydrogen) atoms. The zero-order chi connectivity index (χ0) is 14.8. The molecule has 0 aliphatic carbocycles. The number of hydrogen-bond acceptors (Lipinski definition) is 5. The quantitative estimate of drug-likeness (QED) is 0.908. The Kier molecular flexibility index (Phi) is 3.55. The first-order valence-electron chi connectivity index (χ1n) is 6.87. The van der Waals surface area contributed by atoms with Crippen LogP contribution < -0.4 is 10.1 Å². The van der Waals surface area contributed by atoms with Crippen molar-refractivity contribution in [2.45, 2.75) is 32.9 Å². The fourth-order valence-corrected chi connectivity index (χ4v) is 2.67. The lowest BCUT2D eigenvalue weighted by molar-refractivity contribution is -0.122. The molecule has 2 heterocycles. The van der Waals surface area contributed by atoms with Crippen molar-refractivity contribution in [2.24, 2.45) is 0 Å². The van der Waals surface area contributed by atoms with Crippen LogP contribution in [0.25, 0.3) is 0 Å². The molecule has 0 radical (unpaired) electrons. The molecule has 1 atom stereocenters. The monoisotopic (exact) mass is 287 g/mol. The number of carbonyl (C=O) groups excluding carboxylic acids is 1. The van der Waals surface area contributed by atoms with Crippen molar-refractivity contribution in [2.75, 3.05) is 6.61 Å². The molecule has 0 unspecified atom stereocenters. The molecule has 1 aromatic heterocycles. The molecule has 0 fully saturated rings. The average Bonchev–Trinajstić information content (AvgIpc) is 2.92. The number of aryl methyl sites for hydroxylation is 2. The summed E-state index contributed by atoms with van der Waals surface area (Å²) in [5.74, 6) is 0.777. The summed E-state index contributed by atoms with van der Waals surface area (Å²) in [5, 5.41) is 13.8. The van der Waals surface area contributed by atoms with Crippen LogP contribution >= 0.6 is 0 Å². The first-order valence-corrected chi connectivity index (χ1v) is 6.87. The SMILES string of the molecule is Cc1cc(C)c2c(c1)[C@@H](NC(=O)Cn1cnnn1)CCO2. The molecule has 3 rings (SSSR count). The van der Waals surface area contributed by atoms with E-state index >= 15 is 0 Å². The van der Waals surface area contributed by atoms with Crippen LogP contribution in [0, 0.1) is 13.8 Å². The second-order valence-corrected chi connectivity index (χ2v) is 5.26. The Bertz CT molecular complexity index is 654. The number of nitrogens with zero attached hydrogens (tertiary/aromatic N) is 4. The Morgan fingerprint density at radius 1 is 1.48 bits per heavy atom. The van der Waals surface area contributed by atoms with Gasteiger partial charge >= 0.3 is 0 Å². The highest BCUT2D eigenvalue weighted by Crippen LogP contribution is 2.35. The first-order chi connectivity index (χ1) is 10.1. The highest BCUT2D eigenvalue weighted by molar-refractivity contribution is 5.76. The zero-order valence-electron chi connectivity index (χ0n) is 12.0. The van der Waals surface area contributed by atoms with E-state index in [0.29, 0.717) is 6.61 Å². The number of amides is 1. The van der Waals surface area contributed by atoms with Crippen LogP contribution in [0.2, 0.25) is 0 Å². The summed E-state index contributed by atoms with van der Waals surface area (Å²) in [7, 11) is 0. The molecule has 1 aliphatic heterocycles. The standard InChI is InChI=1S/C14H17N5O2/c1-9-5-10(2)14-11(6-9)12(3-4-21-14)16-13(20)7-19-8-15-17-18-19/h5-6,8,12H,3-4,7H2,1-2H3,(H,16,20)/t12-/m0/s1. The van der Waals surface area contributed by atoms with Crippen LogP contribution in [-0.4, -0.2) is 32.7 Å². The second kappa shape index (κ2) is 5.51. The predicted molar refractivity (Wildman–Crippen MR) is 74.7 cm³/mol. The van der Waals surface area contributed by atoms with Gasteiger partial charge in [-0.25, -0.2) is 4.68 Å². The van der Waals surface area contributed by atoms with Crippen LogP contribution in [0.1, 0.15) is 29.2 Å². The van der Waals surface area contributed by atoms with Gasteiger partial charge in [-0.05, 0) is 29.8 Å². The Hall–Kier alpha value is -2.44. The van der Waals surface area contributed by atoms with Gasteiger partial charge in [0.25, 0.3) is 0 Å². The Morgan fingerprint density at radius 2 is 2.33 bits per heavy atom. The molecule has 1 N–H and O–H groups in total. The van der Waals surface area contributed by atoms with Crippen molar-refractivity contribution in [1.82, 2.24) is 25.5 Å². The normalized spacial score (nSPS) is 17.0. The Labute approximate surface area is 122 Å². The number of hydrogen-bond donors (Lipinski definition) is 1. The van der Waals surface area contributed by atoms with Crippen LogP contribution in [0.15, 0.2) is 18.5 Å². The van der Waals surface area contributed by atoms with Crippen molar-refractivity contribution in [3.63, 3.8) is 0 Å². The van der Waals surface area contributed by atoms with Crippen molar-refractivity contribution in [3.8, 4) is 5.75 Å². The minimum absolute atomic E-state index is 0.0312. The van der Waals surface area contributed by atoms with Gasteiger partial charge in [-0.3, -0.25) is 4.79 Å². The number of ether oxygens (including phenoxy) is 1. The van der Waals surface area contributed by atoms with Crippen molar-refractivity contribution in [3.05, 3.63) is 35.2 Å². The van der Waals surface area contributed by atoms with E-state index in [1.165, 1.54) is 11.0 Å². The summed E-state index contributed by atoms with van der Waals surface area (Å²) >= 11 is 0. The van der Waals surface area contributed by atoms with E-state index in [1.807, 2.05) is 13.8 Å². The van der Waals surface area contributed by atoms with Gasteiger partial charge in [-0.2, -0.15) is 0 Å². The van der Waals surface area contributed by atoms with Gasteiger partial charge in [0.05, 0.1) is 12.6 Å². The highest BCUT2D eigenvalue weighted by Gasteiger charge is 2.24. The van der Waals surface area contributed by atoms with Crippen LogP contribution in [0.5, 0.6) is 5.75 Å². The predicted octanol–water partition coefficient (Wildman–Crippen LogP) is 0.930. The van der Waals surface area contributed by atoms with Crippen molar-refractivity contribution in [1.29, 1.82) is 0 Å². The van der Waals surface area contributed by atoms with E-state index in [2.05, 4.69) is 33.0 Å². The molecule has 1 aromatic carbocycles. The van der Waals surface area contributed by atoms with Crippen molar-refractivity contribution >= 4 is 5.91 Å². The number of carbonyl (C=O) groups is 1. The number of tetrazole rings is 1. The lowest BCUT2D eigenvalue weighted by Gasteiger charge is -2.28. The number of nitrogens with one attached hydrogen (secondary N) is 1. The molecule has 1 amide bonds. The maximum absolute atomic E-state index is 12.1. The molecule has 0 spiro atoms. The van der Waals surface area contributed by atoms with Gasteiger partial charge in [0, 0.05) is 12.0 Å². The topological polar surface area (TPSA) is 81.9 Å². The summed E-state index contributed by atoms with van der Waals surface area (Å²) in [5.41, 5.74) is 3.31.